The zero-order valence-corrected chi connectivity index (χ0v) is 27.8. The van der Waals surface area contributed by atoms with E-state index in [1.165, 1.54) is 93.9 Å². The standard InChI is InChI=1S/C48H35N/c1-3-48(4-2)40-25-14-13-22-37(40)47-46(48)36(28-29-49-47)32-26-27-39-43-33(32)23-15-24-38(43)44-41(30-16-7-5-8-17-30)34-20-11-12-21-35(34)42(45(39)44)31-18-9-6-10-19-31/h5-29H,3-4H2,1-2H3. The fourth-order valence-corrected chi connectivity index (χ4v) is 9.45. The van der Waals surface area contributed by atoms with Crippen LogP contribution in [0.2, 0.25) is 0 Å². The highest BCUT2D eigenvalue weighted by Gasteiger charge is 2.43. The Bertz CT molecular complexity index is 2520. The molecule has 232 valence electrons. The summed E-state index contributed by atoms with van der Waals surface area (Å²) < 4.78 is 0. The van der Waals surface area contributed by atoms with Gasteiger partial charge in [0.05, 0.1) is 5.69 Å². The lowest BCUT2D eigenvalue weighted by atomic mass is 9.71. The van der Waals surface area contributed by atoms with Gasteiger partial charge in [0.2, 0.25) is 0 Å². The van der Waals surface area contributed by atoms with Gasteiger partial charge < -0.3 is 0 Å². The molecule has 8 aromatic rings. The third kappa shape index (κ3) is 3.73. The molecule has 2 aliphatic carbocycles. The molecule has 1 heterocycles. The largest absolute Gasteiger partial charge is 0.256 e. The summed E-state index contributed by atoms with van der Waals surface area (Å²) >= 11 is 0. The van der Waals surface area contributed by atoms with Crippen molar-refractivity contribution in [3.63, 3.8) is 0 Å². The van der Waals surface area contributed by atoms with Gasteiger partial charge in [-0.3, -0.25) is 4.98 Å². The van der Waals surface area contributed by atoms with Gasteiger partial charge in [-0.2, -0.15) is 0 Å². The van der Waals surface area contributed by atoms with Crippen molar-refractivity contribution >= 4 is 21.5 Å². The second-order valence-corrected chi connectivity index (χ2v) is 13.6. The molecule has 49 heavy (non-hydrogen) atoms. The number of fused-ring (bicyclic) bond motifs is 7. The predicted octanol–water partition coefficient (Wildman–Crippen LogP) is 13.1. The lowest BCUT2D eigenvalue weighted by Gasteiger charge is -2.31. The molecule has 0 saturated heterocycles. The molecule has 0 fully saturated rings. The Morgan fingerprint density at radius 1 is 0.429 bits per heavy atom. The van der Waals surface area contributed by atoms with Gasteiger partial charge in [-0.25, -0.2) is 0 Å². The van der Waals surface area contributed by atoms with E-state index in [1.54, 1.807) is 0 Å². The van der Waals surface area contributed by atoms with Crippen LogP contribution < -0.4 is 0 Å². The zero-order chi connectivity index (χ0) is 32.7. The minimum atomic E-state index is -0.0695. The van der Waals surface area contributed by atoms with Crippen molar-refractivity contribution in [3.8, 4) is 66.9 Å². The van der Waals surface area contributed by atoms with E-state index < -0.39 is 0 Å². The predicted molar refractivity (Wildman–Crippen MR) is 207 cm³/mol. The van der Waals surface area contributed by atoms with Gasteiger partial charge in [-0.15, -0.1) is 0 Å². The molecule has 0 spiro atoms. The average molecular weight is 626 g/mol. The Labute approximate surface area is 287 Å². The molecule has 7 aromatic carbocycles. The Morgan fingerprint density at radius 2 is 0.959 bits per heavy atom. The van der Waals surface area contributed by atoms with Crippen LogP contribution in [0, 0.1) is 0 Å². The molecule has 2 aliphatic rings. The number of hydrogen-bond donors (Lipinski definition) is 0. The molecule has 0 atom stereocenters. The van der Waals surface area contributed by atoms with Gasteiger partial charge in [0.25, 0.3) is 0 Å². The first kappa shape index (κ1) is 28.2. The first-order valence-electron chi connectivity index (χ1n) is 17.6. The maximum atomic E-state index is 5.06. The van der Waals surface area contributed by atoms with Crippen LogP contribution in [0.15, 0.2) is 152 Å². The van der Waals surface area contributed by atoms with Gasteiger partial charge in [-0.05, 0) is 107 Å². The SMILES string of the molecule is CCC1(CC)c2ccccc2-c2nccc(-c3ccc4c5c(cccc35)-c3c-4c(-c4ccccc4)c4ccccc4c3-c3ccccc3)c21. The van der Waals surface area contributed by atoms with Crippen LogP contribution in [-0.2, 0) is 5.41 Å². The Morgan fingerprint density at radius 3 is 1.61 bits per heavy atom. The summed E-state index contributed by atoms with van der Waals surface area (Å²) in [5.41, 5.74) is 18.2. The highest BCUT2D eigenvalue weighted by Crippen LogP contribution is 2.60. The number of hydrogen-bond acceptors (Lipinski definition) is 1. The summed E-state index contributed by atoms with van der Waals surface area (Å²) in [6, 6.07) is 54.0. The fraction of sp³-hybridized carbons (Fsp3) is 0.104. The zero-order valence-electron chi connectivity index (χ0n) is 27.8. The van der Waals surface area contributed by atoms with Crippen molar-refractivity contribution in [2.24, 2.45) is 0 Å². The van der Waals surface area contributed by atoms with Crippen molar-refractivity contribution in [2.75, 3.05) is 0 Å². The lowest BCUT2D eigenvalue weighted by molar-refractivity contribution is 0.491. The molecule has 1 aromatic heterocycles. The molecule has 1 heteroatoms. The monoisotopic (exact) mass is 625 g/mol. The van der Waals surface area contributed by atoms with Gasteiger partial charge in [0.15, 0.2) is 0 Å². The quantitative estimate of drug-likeness (QED) is 0.185. The van der Waals surface area contributed by atoms with Gasteiger partial charge in [0, 0.05) is 17.2 Å². The van der Waals surface area contributed by atoms with Crippen molar-refractivity contribution in [1.82, 2.24) is 4.98 Å². The summed E-state index contributed by atoms with van der Waals surface area (Å²) in [6.07, 6.45) is 4.09. The third-order valence-corrected chi connectivity index (χ3v) is 11.5. The third-order valence-electron chi connectivity index (χ3n) is 11.5. The Kier molecular flexibility index (Phi) is 6.11. The highest BCUT2D eigenvalue weighted by molar-refractivity contribution is 6.28. The van der Waals surface area contributed by atoms with Crippen LogP contribution in [-0.4, -0.2) is 4.98 Å². The van der Waals surface area contributed by atoms with Gasteiger partial charge in [-0.1, -0.05) is 153 Å². The van der Waals surface area contributed by atoms with Crippen LogP contribution >= 0.6 is 0 Å². The number of aromatic nitrogens is 1. The van der Waals surface area contributed by atoms with E-state index in [0.717, 1.165) is 18.5 Å². The van der Waals surface area contributed by atoms with Crippen molar-refractivity contribution in [3.05, 3.63) is 163 Å². The minimum absolute atomic E-state index is 0.0695. The summed E-state index contributed by atoms with van der Waals surface area (Å²) in [6.45, 7) is 4.69. The fourth-order valence-electron chi connectivity index (χ4n) is 9.45. The summed E-state index contributed by atoms with van der Waals surface area (Å²) in [5.74, 6) is 0. The highest BCUT2D eigenvalue weighted by atomic mass is 14.7. The van der Waals surface area contributed by atoms with Crippen LogP contribution in [0.5, 0.6) is 0 Å². The normalized spacial score (nSPS) is 13.4. The molecule has 0 unspecified atom stereocenters. The van der Waals surface area contributed by atoms with Gasteiger partial charge in [0.1, 0.15) is 0 Å². The average Bonchev–Trinajstić information content (AvgIpc) is 3.66. The molecule has 0 amide bonds. The summed E-state index contributed by atoms with van der Waals surface area (Å²) in [5, 5.41) is 5.23. The summed E-state index contributed by atoms with van der Waals surface area (Å²) in [4.78, 5) is 5.06. The second kappa shape index (κ2) is 10.6. The van der Waals surface area contributed by atoms with Gasteiger partial charge >= 0.3 is 0 Å². The second-order valence-electron chi connectivity index (χ2n) is 13.6. The summed E-state index contributed by atoms with van der Waals surface area (Å²) in [7, 11) is 0. The minimum Gasteiger partial charge on any atom is -0.256 e. The molecule has 0 saturated carbocycles. The molecule has 10 rings (SSSR count). The molecule has 0 bridgehead atoms. The topological polar surface area (TPSA) is 12.9 Å². The lowest BCUT2D eigenvalue weighted by Crippen LogP contribution is -2.24. The Balaban J connectivity index is 1.33. The smallest absolute Gasteiger partial charge is 0.0752 e. The van der Waals surface area contributed by atoms with Crippen molar-refractivity contribution in [2.45, 2.75) is 32.1 Å². The van der Waals surface area contributed by atoms with Crippen LogP contribution in [0.4, 0.5) is 0 Å². The van der Waals surface area contributed by atoms with E-state index in [0.29, 0.717) is 0 Å². The molecule has 1 nitrogen and oxygen atoms in total. The van der Waals surface area contributed by atoms with E-state index in [9.17, 15) is 0 Å². The maximum Gasteiger partial charge on any atom is 0.0752 e. The Hall–Kier alpha value is -5.79. The van der Waals surface area contributed by atoms with Crippen molar-refractivity contribution < 1.29 is 0 Å². The molecule has 0 aliphatic heterocycles. The van der Waals surface area contributed by atoms with E-state index in [-0.39, 0.29) is 5.41 Å². The van der Waals surface area contributed by atoms with Crippen LogP contribution in [0.3, 0.4) is 0 Å². The number of benzene rings is 7. The molecule has 0 radical (unpaired) electrons. The van der Waals surface area contributed by atoms with Crippen molar-refractivity contribution in [1.29, 1.82) is 0 Å². The van der Waals surface area contributed by atoms with E-state index >= 15 is 0 Å². The van der Waals surface area contributed by atoms with Crippen LogP contribution in [0.25, 0.3) is 88.4 Å². The molecular formula is C48H35N. The number of pyridine rings is 1. The molecular weight excluding hydrogens is 591 g/mol. The van der Waals surface area contributed by atoms with E-state index in [1.807, 2.05) is 6.20 Å². The number of rotatable bonds is 5. The van der Waals surface area contributed by atoms with Crippen LogP contribution in [0.1, 0.15) is 37.8 Å². The molecule has 0 N–H and O–H groups in total. The first-order valence-corrected chi connectivity index (χ1v) is 17.6. The maximum absolute atomic E-state index is 5.06. The number of nitrogens with zero attached hydrogens (tertiary/aromatic N) is 1. The van der Waals surface area contributed by atoms with E-state index in [4.69, 9.17) is 4.98 Å². The van der Waals surface area contributed by atoms with E-state index in [2.05, 4.69) is 159 Å². The first-order chi connectivity index (χ1) is 24.2.